The standard InChI is InChI=1S/C20H27N3O3/c24-18(17-3-1-2-9-21-17)22-14-15-6-12-26-20(13-15)7-10-23(11-8-20)19(25)16-4-5-16/h1-3,9,15-16H,4-8,10-14H2,(H,22,24). The lowest BCUT2D eigenvalue weighted by molar-refractivity contribution is -0.148. The molecule has 6 heteroatoms. The van der Waals surface area contributed by atoms with Gasteiger partial charge >= 0.3 is 0 Å². The molecule has 2 aliphatic heterocycles. The monoisotopic (exact) mass is 357 g/mol. The highest BCUT2D eigenvalue weighted by Crippen LogP contribution is 2.39. The highest BCUT2D eigenvalue weighted by atomic mass is 16.5. The maximum Gasteiger partial charge on any atom is 0.269 e. The molecule has 0 aromatic carbocycles. The van der Waals surface area contributed by atoms with Crippen LogP contribution in [0.3, 0.4) is 0 Å². The summed E-state index contributed by atoms with van der Waals surface area (Å²) in [6.07, 6.45) is 7.52. The van der Waals surface area contributed by atoms with Crippen molar-refractivity contribution in [3.63, 3.8) is 0 Å². The number of hydrogen-bond donors (Lipinski definition) is 1. The van der Waals surface area contributed by atoms with Crippen LogP contribution in [0.25, 0.3) is 0 Å². The molecule has 0 bridgehead atoms. The lowest BCUT2D eigenvalue weighted by Gasteiger charge is -2.46. The summed E-state index contributed by atoms with van der Waals surface area (Å²) in [4.78, 5) is 30.6. The van der Waals surface area contributed by atoms with Crippen LogP contribution in [0, 0.1) is 11.8 Å². The fourth-order valence-electron chi connectivity index (χ4n) is 4.20. The first-order chi connectivity index (χ1) is 12.7. The van der Waals surface area contributed by atoms with Gasteiger partial charge in [-0.3, -0.25) is 14.6 Å². The van der Waals surface area contributed by atoms with E-state index < -0.39 is 0 Å². The van der Waals surface area contributed by atoms with Crippen LogP contribution in [0.5, 0.6) is 0 Å². The minimum absolute atomic E-state index is 0.112. The summed E-state index contributed by atoms with van der Waals surface area (Å²) in [5.74, 6) is 0.943. The molecule has 1 unspecified atom stereocenters. The van der Waals surface area contributed by atoms with E-state index in [0.717, 1.165) is 58.2 Å². The molecule has 1 aliphatic carbocycles. The van der Waals surface area contributed by atoms with E-state index in [1.165, 1.54) is 0 Å². The van der Waals surface area contributed by atoms with Crippen LogP contribution in [0.1, 0.15) is 49.0 Å². The van der Waals surface area contributed by atoms with E-state index in [0.29, 0.717) is 30.0 Å². The molecule has 0 radical (unpaired) electrons. The highest BCUT2D eigenvalue weighted by molar-refractivity contribution is 5.92. The minimum atomic E-state index is -0.115. The molecule has 1 aromatic rings. The van der Waals surface area contributed by atoms with Crippen LogP contribution < -0.4 is 5.32 Å². The van der Waals surface area contributed by atoms with Crippen LogP contribution in [0.4, 0.5) is 0 Å². The van der Waals surface area contributed by atoms with Crippen LogP contribution in [-0.2, 0) is 9.53 Å². The number of hydrogen-bond acceptors (Lipinski definition) is 4. The molecule has 3 fully saturated rings. The number of amides is 2. The lowest BCUT2D eigenvalue weighted by Crippen LogP contribution is -2.52. The molecule has 4 rings (SSSR count). The predicted molar refractivity (Wildman–Crippen MR) is 96.5 cm³/mol. The number of piperidine rings is 1. The van der Waals surface area contributed by atoms with Gasteiger partial charge < -0.3 is 15.0 Å². The molecule has 1 aromatic heterocycles. The number of likely N-dealkylation sites (tertiary alicyclic amines) is 1. The number of nitrogens with one attached hydrogen (secondary N) is 1. The van der Waals surface area contributed by atoms with Crippen LogP contribution in [0.15, 0.2) is 24.4 Å². The van der Waals surface area contributed by atoms with Gasteiger partial charge in [-0.25, -0.2) is 0 Å². The third-order valence-corrected chi connectivity index (χ3v) is 5.96. The summed E-state index contributed by atoms with van der Waals surface area (Å²) < 4.78 is 6.17. The molecule has 3 heterocycles. The summed E-state index contributed by atoms with van der Waals surface area (Å²) in [7, 11) is 0. The average molecular weight is 357 g/mol. The Kier molecular flexibility index (Phi) is 4.94. The van der Waals surface area contributed by atoms with Gasteiger partial charge in [0, 0.05) is 38.4 Å². The SMILES string of the molecule is O=C(NCC1CCOC2(CCN(C(=O)C3CC3)CC2)C1)c1ccccn1. The molecular weight excluding hydrogens is 330 g/mol. The van der Waals surface area contributed by atoms with E-state index in [1.807, 2.05) is 11.0 Å². The Balaban J connectivity index is 1.27. The van der Waals surface area contributed by atoms with Crippen LogP contribution in [0.2, 0.25) is 0 Å². The molecule has 3 aliphatic rings. The summed E-state index contributed by atoms with van der Waals surface area (Å²) in [5, 5.41) is 3.02. The van der Waals surface area contributed by atoms with Gasteiger partial charge in [0.15, 0.2) is 0 Å². The van der Waals surface area contributed by atoms with Crippen molar-refractivity contribution in [3.05, 3.63) is 30.1 Å². The van der Waals surface area contributed by atoms with Crippen molar-refractivity contribution in [1.82, 2.24) is 15.2 Å². The molecule has 1 saturated carbocycles. The van der Waals surface area contributed by atoms with Crippen molar-refractivity contribution in [2.24, 2.45) is 11.8 Å². The van der Waals surface area contributed by atoms with Crippen molar-refractivity contribution < 1.29 is 14.3 Å². The minimum Gasteiger partial charge on any atom is -0.375 e. The molecule has 2 saturated heterocycles. The number of rotatable bonds is 4. The number of carbonyl (C=O) groups excluding carboxylic acids is 2. The van der Waals surface area contributed by atoms with Crippen molar-refractivity contribution in [2.75, 3.05) is 26.2 Å². The number of carbonyl (C=O) groups is 2. The molecule has 140 valence electrons. The summed E-state index contributed by atoms with van der Waals surface area (Å²) in [6.45, 7) is 3.01. The molecule has 2 amide bonds. The second kappa shape index (κ2) is 7.35. The molecule has 1 spiro atoms. The van der Waals surface area contributed by atoms with Gasteiger partial charge in [0.25, 0.3) is 5.91 Å². The Labute approximate surface area is 154 Å². The van der Waals surface area contributed by atoms with Crippen molar-refractivity contribution in [1.29, 1.82) is 0 Å². The Morgan fingerprint density at radius 3 is 2.73 bits per heavy atom. The molecular formula is C20H27N3O3. The van der Waals surface area contributed by atoms with Crippen molar-refractivity contribution in [2.45, 2.75) is 44.1 Å². The smallest absolute Gasteiger partial charge is 0.269 e. The maximum absolute atomic E-state index is 12.2. The second-order valence-corrected chi connectivity index (χ2v) is 7.91. The van der Waals surface area contributed by atoms with E-state index >= 15 is 0 Å². The van der Waals surface area contributed by atoms with Gasteiger partial charge in [-0.05, 0) is 56.6 Å². The fraction of sp³-hybridized carbons (Fsp3) is 0.650. The third-order valence-electron chi connectivity index (χ3n) is 5.96. The maximum atomic E-state index is 12.2. The van der Waals surface area contributed by atoms with E-state index in [2.05, 4.69) is 10.3 Å². The Hall–Kier alpha value is -1.95. The zero-order valence-corrected chi connectivity index (χ0v) is 15.2. The van der Waals surface area contributed by atoms with Crippen molar-refractivity contribution in [3.8, 4) is 0 Å². The lowest BCUT2D eigenvalue weighted by atomic mass is 9.79. The Bertz CT molecular complexity index is 652. The largest absolute Gasteiger partial charge is 0.375 e. The van der Waals surface area contributed by atoms with Gasteiger partial charge in [0.05, 0.1) is 5.60 Å². The van der Waals surface area contributed by atoms with Gasteiger partial charge in [-0.1, -0.05) is 6.07 Å². The zero-order chi connectivity index (χ0) is 18.0. The second-order valence-electron chi connectivity index (χ2n) is 7.91. The normalized spacial score (nSPS) is 25.1. The van der Waals surface area contributed by atoms with Gasteiger partial charge in [0.1, 0.15) is 5.69 Å². The van der Waals surface area contributed by atoms with Gasteiger partial charge in [-0.15, -0.1) is 0 Å². The first-order valence-electron chi connectivity index (χ1n) is 9.77. The van der Waals surface area contributed by atoms with Crippen LogP contribution in [-0.4, -0.2) is 53.5 Å². The number of ether oxygens (including phenoxy) is 1. The first-order valence-corrected chi connectivity index (χ1v) is 9.77. The number of nitrogens with zero attached hydrogens (tertiary/aromatic N) is 2. The van der Waals surface area contributed by atoms with E-state index in [-0.39, 0.29) is 11.5 Å². The Morgan fingerprint density at radius 1 is 1.23 bits per heavy atom. The molecule has 1 N–H and O–H groups in total. The molecule has 6 nitrogen and oxygen atoms in total. The zero-order valence-electron chi connectivity index (χ0n) is 15.2. The van der Waals surface area contributed by atoms with Gasteiger partial charge in [-0.2, -0.15) is 0 Å². The number of pyridine rings is 1. The summed E-state index contributed by atoms with van der Waals surface area (Å²) in [5.41, 5.74) is 0.347. The summed E-state index contributed by atoms with van der Waals surface area (Å²) in [6, 6.07) is 5.36. The van der Waals surface area contributed by atoms with Crippen molar-refractivity contribution >= 4 is 11.8 Å². The van der Waals surface area contributed by atoms with Crippen LogP contribution >= 0.6 is 0 Å². The fourth-order valence-corrected chi connectivity index (χ4v) is 4.20. The Morgan fingerprint density at radius 2 is 2.04 bits per heavy atom. The van der Waals surface area contributed by atoms with E-state index in [9.17, 15) is 9.59 Å². The number of aromatic nitrogens is 1. The average Bonchev–Trinajstić information content (AvgIpc) is 3.52. The van der Waals surface area contributed by atoms with E-state index in [4.69, 9.17) is 4.74 Å². The molecule has 1 atom stereocenters. The topological polar surface area (TPSA) is 71.5 Å². The van der Waals surface area contributed by atoms with Gasteiger partial charge in [0.2, 0.25) is 5.91 Å². The quantitative estimate of drug-likeness (QED) is 0.895. The first kappa shape index (κ1) is 17.5. The highest BCUT2D eigenvalue weighted by Gasteiger charge is 2.43. The third kappa shape index (κ3) is 3.90. The molecule has 26 heavy (non-hydrogen) atoms. The predicted octanol–water partition coefficient (Wildman–Crippen LogP) is 2.01. The van der Waals surface area contributed by atoms with E-state index in [1.54, 1.807) is 18.3 Å². The summed E-state index contributed by atoms with van der Waals surface area (Å²) >= 11 is 0.